The lowest BCUT2D eigenvalue weighted by Crippen LogP contribution is -2.16. The molecular weight excluding hydrogens is 216 g/mol. The summed E-state index contributed by atoms with van der Waals surface area (Å²) in [5.74, 6) is -0.486. The SMILES string of the molecule is CC(O)C(=O)c1cccc(S(C)(=O)=O)c1. The molecule has 0 aliphatic rings. The molecule has 5 heteroatoms. The van der Waals surface area contributed by atoms with Gasteiger partial charge in [0.1, 0.15) is 6.10 Å². The Morgan fingerprint density at radius 3 is 2.47 bits per heavy atom. The van der Waals surface area contributed by atoms with Crippen LogP contribution in [0.3, 0.4) is 0 Å². The van der Waals surface area contributed by atoms with Crippen LogP contribution < -0.4 is 0 Å². The van der Waals surface area contributed by atoms with Crippen LogP contribution in [0.1, 0.15) is 17.3 Å². The predicted molar refractivity (Wildman–Crippen MR) is 55.6 cm³/mol. The third kappa shape index (κ3) is 2.87. The van der Waals surface area contributed by atoms with E-state index in [1.165, 1.54) is 31.2 Å². The number of benzene rings is 1. The lowest BCUT2D eigenvalue weighted by molar-refractivity contribution is 0.0779. The molecule has 1 N–H and O–H groups in total. The van der Waals surface area contributed by atoms with E-state index in [1.54, 1.807) is 0 Å². The average molecular weight is 228 g/mol. The first-order chi connectivity index (χ1) is 6.82. The maximum atomic E-state index is 11.4. The van der Waals surface area contributed by atoms with E-state index in [4.69, 9.17) is 5.11 Å². The van der Waals surface area contributed by atoms with Gasteiger partial charge in [0, 0.05) is 11.8 Å². The number of carbonyl (C=O) groups is 1. The first-order valence-electron chi connectivity index (χ1n) is 4.35. The zero-order valence-corrected chi connectivity index (χ0v) is 9.28. The zero-order chi connectivity index (χ0) is 11.6. The number of rotatable bonds is 3. The number of Topliss-reactive ketones (excluding diaryl/α,β-unsaturated/α-hetero) is 1. The second-order valence-corrected chi connectivity index (χ2v) is 5.36. The van der Waals surface area contributed by atoms with Crippen LogP contribution in [0.5, 0.6) is 0 Å². The second kappa shape index (κ2) is 4.12. The van der Waals surface area contributed by atoms with Crippen molar-refractivity contribution < 1.29 is 18.3 Å². The largest absolute Gasteiger partial charge is 0.385 e. The van der Waals surface area contributed by atoms with Crippen LogP contribution in [-0.4, -0.2) is 31.7 Å². The van der Waals surface area contributed by atoms with E-state index >= 15 is 0 Å². The molecule has 0 saturated carbocycles. The Morgan fingerprint density at radius 1 is 1.40 bits per heavy atom. The highest BCUT2D eigenvalue weighted by atomic mass is 32.2. The third-order valence-electron chi connectivity index (χ3n) is 1.93. The van der Waals surface area contributed by atoms with Crippen LogP contribution in [0.4, 0.5) is 0 Å². The van der Waals surface area contributed by atoms with Crippen molar-refractivity contribution in [3.05, 3.63) is 29.8 Å². The summed E-state index contributed by atoms with van der Waals surface area (Å²) < 4.78 is 22.4. The average Bonchev–Trinajstić information content (AvgIpc) is 2.15. The molecule has 0 aromatic heterocycles. The van der Waals surface area contributed by atoms with Crippen LogP contribution in [0, 0.1) is 0 Å². The Hall–Kier alpha value is -1.20. The molecule has 82 valence electrons. The first kappa shape index (κ1) is 11.9. The molecule has 1 rings (SSSR count). The zero-order valence-electron chi connectivity index (χ0n) is 8.47. The van der Waals surface area contributed by atoms with E-state index in [0.717, 1.165) is 6.26 Å². The Balaban J connectivity index is 3.20. The Morgan fingerprint density at radius 2 is 2.00 bits per heavy atom. The van der Waals surface area contributed by atoms with Crippen LogP contribution in [0.2, 0.25) is 0 Å². The molecule has 0 aliphatic heterocycles. The highest BCUT2D eigenvalue weighted by molar-refractivity contribution is 7.90. The molecule has 15 heavy (non-hydrogen) atoms. The van der Waals surface area contributed by atoms with Crippen molar-refractivity contribution in [1.82, 2.24) is 0 Å². The molecule has 0 amide bonds. The summed E-state index contributed by atoms with van der Waals surface area (Å²) in [7, 11) is -3.32. The molecule has 0 radical (unpaired) electrons. The van der Waals surface area contributed by atoms with E-state index in [2.05, 4.69) is 0 Å². The van der Waals surface area contributed by atoms with E-state index < -0.39 is 21.7 Å². The van der Waals surface area contributed by atoms with Crippen LogP contribution in [-0.2, 0) is 9.84 Å². The van der Waals surface area contributed by atoms with Gasteiger partial charge in [0.2, 0.25) is 0 Å². The molecule has 0 saturated heterocycles. The highest BCUT2D eigenvalue weighted by Gasteiger charge is 2.14. The summed E-state index contributed by atoms with van der Waals surface area (Å²) in [6.45, 7) is 1.34. The summed E-state index contributed by atoms with van der Waals surface area (Å²) in [6, 6.07) is 5.63. The predicted octanol–water partition coefficient (Wildman–Crippen LogP) is 0.654. The molecule has 1 unspecified atom stereocenters. The molecule has 0 aliphatic carbocycles. The lowest BCUT2D eigenvalue weighted by Gasteiger charge is -2.04. The van der Waals surface area contributed by atoms with Gasteiger partial charge < -0.3 is 5.11 Å². The molecule has 0 spiro atoms. The van der Waals surface area contributed by atoms with Crippen molar-refractivity contribution in [2.45, 2.75) is 17.9 Å². The molecular formula is C10H12O4S. The molecule has 4 nitrogen and oxygen atoms in total. The van der Waals surface area contributed by atoms with E-state index in [9.17, 15) is 13.2 Å². The lowest BCUT2D eigenvalue weighted by atomic mass is 10.1. The molecule has 0 bridgehead atoms. The summed E-state index contributed by atoms with van der Waals surface area (Å²) >= 11 is 0. The van der Waals surface area contributed by atoms with Crippen molar-refractivity contribution in [2.75, 3.05) is 6.26 Å². The van der Waals surface area contributed by atoms with Gasteiger partial charge in [-0.2, -0.15) is 0 Å². The smallest absolute Gasteiger partial charge is 0.191 e. The Kier molecular flexibility index (Phi) is 3.26. The Bertz CT molecular complexity index is 474. The van der Waals surface area contributed by atoms with Crippen LogP contribution in [0.15, 0.2) is 29.2 Å². The minimum Gasteiger partial charge on any atom is -0.385 e. The minimum absolute atomic E-state index is 0.0778. The summed E-state index contributed by atoms with van der Waals surface area (Å²) in [6.07, 6.45) is -0.0568. The molecule has 1 aromatic rings. The minimum atomic E-state index is -3.32. The standard InChI is InChI=1S/C10H12O4S/c1-7(11)10(12)8-4-3-5-9(6-8)15(2,13)14/h3-7,11H,1-2H3. The van der Waals surface area contributed by atoms with Crippen molar-refractivity contribution in [1.29, 1.82) is 0 Å². The fraction of sp³-hybridized carbons (Fsp3) is 0.300. The number of carbonyl (C=O) groups excluding carboxylic acids is 1. The summed E-state index contributed by atoms with van der Waals surface area (Å²) in [5.41, 5.74) is 0.202. The van der Waals surface area contributed by atoms with Gasteiger partial charge in [-0.1, -0.05) is 12.1 Å². The van der Waals surface area contributed by atoms with E-state index in [0.29, 0.717) is 0 Å². The summed E-state index contributed by atoms with van der Waals surface area (Å²) in [5, 5.41) is 9.07. The van der Waals surface area contributed by atoms with Gasteiger partial charge >= 0.3 is 0 Å². The highest BCUT2D eigenvalue weighted by Crippen LogP contribution is 2.12. The molecule has 0 fully saturated rings. The van der Waals surface area contributed by atoms with Gasteiger partial charge in [0.25, 0.3) is 0 Å². The van der Waals surface area contributed by atoms with Gasteiger partial charge in [-0.05, 0) is 19.1 Å². The van der Waals surface area contributed by atoms with Crippen LogP contribution >= 0.6 is 0 Å². The van der Waals surface area contributed by atoms with Gasteiger partial charge in [-0.15, -0.1) is 0 Å². The van der Waals surface area contributed by atoms with Crippen molar-refractivity contribution >= 4 is 15.6 Å². The normalized spacial score (nSPS) is 13.5. The van der Waals surface area contributed by atoms with Crippen LogP contribution in [0.25, 0.3) is 0 Å². The van der Waals surface area contributed by atoms with Crippen molar-refractivity contribution in [3.8, 4) is 0 Å². The summed E-state index contributed by atoms with van der Waals surface area (Å²) in [4.78, 5) is 11.5. The Labute approximate surface area is 88.5 Å². The van der Waals surface area contributed by atoms with Gasteiger partial charge in [-0.25, -0.2) is 8.42 Å². The molecule has 0 heterocycles. The van der Waals surface area contributed by atoms with Gasteiger partial charge in [-0.3, -0.25) is 4.79 Å². The first-order valence-corrected chi connectivity index (χ1v) is 6.24. The number of sulfone groups is 1. The van der Waals surface area contributed by atoms with Crippen molar-refractivity contribution in [2.24, 2.45) is 0 Å². The fourth-order valence-corrected chi connectivity index (χ4v) is 1.79. The number of aliphatic hydroxyl groups excluding tert-OH is 1. The fourth-order valence-electron chi connectivity index (χ4n) is 1.12. The van der Waals surface area contributed by atoms with Gasteiger partial charge in [0.05, 0.1) is 4.90 Å². The number of hydrogen-bond acceptors (Lipinski definition) is 4. The maximum Gasteiger partial charge on any atom is 0.191 e. The molecule has 1 aromatic carbocycles. The van der Waals surface area contributed by atoms with Gasteiger partial charge in [0.15, 0.2) is 15.6 Å². The van der Waals surface area contributed by atoms with Crippen molar-refractivity contribution in [3.63, 3.8) is 0 Å². The number of aliphatic hydroxyl groups is 1. The monoisotopic (exact) mass is 228 g/mol. The number of hydrogen-bond donors (Lipinski definition) is 1. The van der Waals surface area contributed by atoms with E-state index in [-0.39, 0.29) is 10.5 Å². The topological polar surface area (TPSA) is 71.4 Å². The second-order valence-electron chi connectivity index (χ2n) is 3.34. The maximum absolute atomic E-state index is 11.4. The third-order valence-corrected chi connectivity index (χ3v) is 3.04. The molecule has 1 atom stereocenters. The quantitative estimate of drug-likeness (QED) is 0.771. The van der Waals surface area contributed by atoms with E-state index in [1.807, 2.05) is 0 Å². The number of ketones is 1.